The molecule has 0 saturated carbocycles. The monoisotopic (exact) mass is 442 g/mol. The van der Waals surface area contributed by atoms with E-state index < -0.39 is 0 Å². The third kappa shape index (κ3) is 4.97. The minimum absolute atomic E-state index is 0.226. The highest BCUT2D eigenvalue weighted by Gasteiger charge is 2.11. The molecular weight excluding hydrogens is 428 g/mol. The average molecular weight is 444 g/mol. The summed E-state index contributed by atoms with van der Waals surface area (Å²) >= 11 is 7.02. The zero-order chi connectivity index (χ0) is 16.8. The van der Waals surface area contributed by atoms with Gasteiger partial charge in [-0.1, -0.05) is 0 Å². The number of ether oxygens (including phenoxy) is 3. The van der Waals surface area contributed by atoms with Crippen LogP contribution in [-0.4, -0.2) is 20.2 Å². The van der Waals surface area contributed by atoms with Crippen molar-refractivity contribution in [2.45, 2.75) is 12.8 Å². The highest BCUT2D eigenvalue weighted by atomic mass is 79.9. The number of methoxy groups -OCH3 is 2. The zero-order valence-corrected chi connectivity index (χ0v) is 15.9. The average Bonchev–Trinajstić information content (AvgIpc) is 2.56. The Kier molecular flexibility index (Phi) is 6.47. The number of esters is 1. The van der Waals surface area contributed by atoms with Crippen molar-refractivity contribution in [2.24, 2.45) is 0 Å². The highest BCUT2D eigenvalue weighted by molar-refractivity contribution is 9.11. The SMILES string of the molecule is COC(=O)CCc1cc(Br)c(Oc2ccc(OC)cc2)c(Br)c1. The normalized spacial score (nSPS) is 10.3. The van der Waals surface area contributed by atoms with Gasteiger partial charge >= 0.3 is 5.97 Å². The summed E-state index contributed by atoms with van der Waals surface area (Å²) in [5.74, 6) is 1.93. The molecule has 0 aromatic heterocycles. The molecule has 4 nitrogen and oxygen atoms in total. The third-order valence-corrected chi connectivity index (χ3v) is 4.36. The van der Waals surface area contributed by atoms with Crippen LogP contribution in [0.15, 0.2) is 45.3 Å². The molecule has 2 aromatic carbocycles. The summed E-state index contributed by atoms with van der Waals surface area (Å²) in [6.07, 6.45) is 0.945. The van der Waals surface area contributed by atoms with Gasteiger partial charge in [-0.15, -0.1) is 0 Å². The Morgan fingerprint density at radius 3 is 2.09 bits per heavy atom. The van der Waals surface area contributed by atoms with Crippen LogP contribution in [0.25, 0.3) is 0 Å². The molecule has 0 aliphatic carbocycles. The Morgan fingerprint density at radius 2 is 1.57 bits per heavy atom. The molecule has 122 valence electrons. The summed E-state index contributed by atoms with van der Waals surface area (Å²) in [6.45, 7) is 0. The molecule has 0 bridgehead atoms. The molecule has 0 fully saturated rings. The number of hydrogen-bond donors (Lipinski definition) is 0. The molecule has 0 saturated heterocycles. The first-order valence-electron chi connectivity index (χ1n) is 6.90. The van der Waals surface area contributed by atoms with E-state index in [0.29, 0.717) is 24.3 Å². The summed E-state index contributed by atoms with van der Waals surface area (Å²) in [5, 5.41) is 0. The van der Waals surface area contributed by atoms with E-state index in [4.69, 9.17) is 9.47 Å². The summed E-state index contributed by atoms with van der Waals surface area (Å²) in [4.78, 5) is 11.2. The van der Waals surface area contributed by atoms with Crippen LogP contribution in [0.3, 0.4) is 0 Å². The van der Waals surface area contributed by atoms with Crippen molar-refractivity contribution in [1.29, 1.82) is 0 Å². The van der Waals surface area contributed by atoms with E-state index in [1.165, 1.54) is 7.11 Å². The van der Waals surface area contributed by atoms with Crippen molar-refractivity contribution in [2.75, 3.05) is 14.2 Å². The van der Waals surface area contributed by atoms with Crippen LogP contribution in [0.2, 0.25) is 0 Å². The van der Waals surface area contributed by atoms with Gasteiger partial charge in [0.05, 0.1) is 23.2 Å². The first-order chi connectivity index (χ1) is 11.0. The van der Waals surface area contributed by atoms with Crippen molar-refractivity contribution >= 4 is 37.8 Å². The molecule has 0 atom stereocenters. The summed E-state index contributed by atoms with van der Waals surface area (Å²) in [6, 6.07) is 11.2. The Labute approximate surface area is 152 Å². The number of rotatable bonds is 6. The molecule has 0 amide bonds. The quantitative estimate of drug-likeness (QED) is 0.581. The van der Waals surface area contributed by atoms with Crippen molar-refractivity contribution in [3.63, 3.8) is 0 Å². The van der Waals surface area contributed by atoms with Crippen molar-refractivity contribution in [1.82, 2.24) is 0 Å². The molecule has 23 heavy (non-hydrogen) atoms. The fourth-order valence-corrected chi connectivity index (χ4v) is 3.41. The van der Waals surface area contributed by atoms with E-state index in [9.17, 15) is 4.79 Å². The number of carbonyl (C=O) groups excluding carboxylic acids is 1. The maximum absolute atomic E-state index is 11.2. The summed E-state index contributed by atoms with van der Waals surface area (Å²) in [7, 11) is 3.01. The summed E-state index contributed by atoms with van der Waals surface area (Å²) < 4.78 is 17.3. The van der Waals surface area contributed by atoms with Gasteiger partial charge in [-0.3, -0.25) is 4.79 Å². The van der Waals surface area contributed by atoms with Gasteiger partial charge in [-0.2, -0.15) is 0 Å². The van der Waals surface area contributed by atoms with Gasteiger partial charge in [0.15, 0.2) is 5.75 Å². The van der Waals surface area contributed by atoms with E-state index >= 15 is 0 Å². The molecule has 0 heterocycles. The van der Waals surface area contributed by atoms with Crippen molar-refractivity contribution in [3.8, 4) is 17.2 Å². The maximum Gasteiger partial charge on any atom is 0.305 e. The molecule has 2 rings (SSSR count). The first-order valence-corrected chi connectivity index (χ1v) is 8.48. The molecule has 0 spiro atoms. The van der Waals surface area contributed by atoms with Crippen LogP contribution in [0.4, 0.5) is 0 Å². The largest absolute Gasteiger partial charge is 0.497 e. The van der Waals surface area contributed by atoms with E-state index in [-0.39, 0.29) is 5.97 Å². The standard InChI is InChI=1S/C17H16Br2O4/c1-21-12-4-6-13(7-5-12)23-17-14(18)9-11(10-15(17)19)3-8-16(20)22-2/h4-7,9-10H,3,8H2,1-2H3. The maximum atomic E-state index is 11.2. The number of hydrogen-bond acceptors (Lipinski definition) is 4. The van der Waals surface area contributed by atoms with E-state index in [1.807, 2.05) is 36.4 Å². The van der Waals surface area contributed by atoms with E-state index in [0.717, 1.165) is 20.3 Å². The molecule has 0 aliphatic rings. The molecule has 6 heteroatoms. The van der Waals surface area contributed by atoms with Crippen molar-refractivity contribution < 1.29 is 19.0 Å². The predicted molar refractivity (Wildman–Crippen MR) is 95.2 cm³/mol. The molecule has 0 N–H and O–H groups in total. The number of benzene rings is 2. The van der Waals surface area contributed by atoms with Gasteiger partial charge in [0.2, 0.25) is 0 Å². The Bertz CT molecular complexity index is 660. The number of halogens is 2. The predicted octanol–water partition coefficient (Wildman–Crippen LogP) is 5.12. The lowest BCUT2D eigenvalue weighted by atomic mass is 10.1. The molecule has 0 radical (unpaired) electrons. The van der Waals surface area contributed by atoms with Crippen LogP contribution in [-0.2, 0) is 16.0 Å². The first kappa shape index (κ1) is 17.8. The van der Waals surface area contributed by atoms with Crippen molar-refractivity contribution in [3.05, 3.63) is 50.9 Å². The number of carbonyl (C=O) groups is 1. The molecular formula is C17H16Br2O4. The Balaban J connectivity index is 2.14. The second-order valence-corrected chi connectivity index (χ2v) is 6.45. The summed E-state index contributed by atoms with van der Waals surface area (Å²) in [5.41, 5.74) is 1.01. The fourth-order valence-electron chi connectivity index (χ4n) is 1.96. The van der Waals surface area contributed by atoms with Gasteiger partial charge in [-0.05, 0) is 80.2 Å². The second-order valence-electron chi connectivity index (χ2n) is 4.74. The van der Waals surface area contributed by atoms with Gasteiger partial charge < -0.3 is 14.2 Å². The lowest BCUT2D eigenvalue weighted by molar-refractivity contribution is -0.140. The fraction of sp³-hybridized carbons (Fsp3) is 0.235. The Hall–Kier alpha value is -1.53. The third-order valence-electron chi connectivity index (χ3n) is 3.18. The van der Waals surface area contributed by atoms with Crippen LogP contribution < -0.4 is 9.47 Å². The molecule has 0 unspecified atom stereocenters. The van der Waals surface area contributed by atoms with Crippen LogP contribution in [0.5, 0.6) is 17.2 Å². The van der Waals surface area contributed by atoms with Gasteiger partial charge in [0, 0.05) is 6.42 Å². The Morgan fingerprint density at radius 1 is 1.00 bits per heavy atom. The smallest absolute Gasteiger partial charge is 0.305 e. The molecule has 0 aliphatic heterocycles. The lowest BCUT2D eigenvalue weighted by Crippen LogP contribution is -2.02. The van der Waals surface area contributed by atoms with E-state index in [1.54, 1.807) is 7.11 Å². The van der Waals surface area contributed by atoms with Gasteiger partial charge in [-0.25, -0.2) is 0 Å². The highest BCUT2D eigenvalue weighted by Crippen LogP contribution is 2.38. The zero-order valence-electron chi connectivity index (χ0n) is 12.8. The van der Waals surface area contributed by atoms with Gasteiger partial charge in [0.1, 0.15) is 11.5 Å². The second kappa shape index (κ2) is 8.36. The topological polar surface area (TPSA) is 44.8 Å². The minimum atomic E-state index is -0.226. The van der Waals surface area contributed by atoms with E-state index in [2.05, 4.69) is 36.6 Å². The number of aryl methyl sites for hydroxylation is 1. The van der Waals surface area contributed by atoms with Gasteiger partial charge in [0.25, 0.3) is 0 Å². The minimum Gasteiger partial charge on any atom is -0.497 e. The molecule has 2 aromatic rings. The van der Waals surface area contributed by atoms with Crippen LogP contribution in [0.1, 0.15) is 12.0 Å². The van der Waals surface area contributed by atoms with Crippen LogP contribution >= 0.6 is 31.9 Å². The lowest BCUT2D eigenvalue weighted by Gasteiger charge is -2.12. The van der Waals surface area contributed by atoms with Crippen LogP contribution in [0, 0.1) is 0 Å².